The monoisotopic (exact) mass is 363 g/mol. The summed E-state index contributed by atoms with van der Waals surface area (Å²) in [5.41, 5.74) is 4.15. The maximum atomic E-state index is 12.8. The summed E-state index contributed by atoms with van der Waals surface area (Å²) in [6.45, 7) is 6.07. The van der Waals surface area contributed by atoms with E-state index in [1.807, 2.05) is 75.4 Å². The van der Waals surface area contributed by atoms with Gasteiger partial charge in [0.1, 0.15) is 11.4 Å². The van der Waals surface area contributed by atoms with Crippen LogP contribution in [0.3, 0.4) is 0 Å². The van der Waals surface area contributed by atoms with E-state index in [2.05, 4.69) is 5.32 Å². The first kappa shape index (κ1) is 18.7. The van der Waals surface area contributed by atoms with Crippen molar-refractivity contribution in [1.29, 1.82) is 0 Å². The van der Waals surface area contributed by atoms with E-state index in [9.17, 15) is 4.79 Å². The number of rotatable bonds is 6. The Bertz CT molecular complexity index is 929. The Morgan fingerprint density at radius 2 is 1.93 bits per heavy atom. The molecule has 1 atom stereocenters. The molecule has 0 aliphatic carbocycles. The minimum Gasteiger partial charge on any atom is -0.497 e. The van der Waals surface area contributed by atoms with Crippen LogP contribution in [-0.2, 0) is 0 Å². The molecule has 3 aromatic rings. The van der Waals surface area contributed by atoms with Gasteiger partial charge in [0.05, 0.1) is 18.5 Å². The van der Waals surface area contributed by atoms with E-state index in [0.717, 1.165) is 34.7 Å². The summed E-state index contributed by atoms with van der Waals surface area (Å²) < 4.78 is 7.01. The number of nitrogens with zero attached hydrogens (tertiary/aromatic N) is 2. The van der Waals surface area contributed by atoms with Gasteiger partial charge in [0, 0.05) is 11.6 Å². The standard InChI is InChI=1S/C22H25N3O2/c1-5-16(3)23-22(26)21-14-20(17-7-6-8-19(13-17)27-4)24-25(21)18-11-9-15(2)10-12-18/h6-14,16H,5H2,1-4H3,(H,23,26)/t16-/m1/s1. The Kier molecular flexibility index (Phi) is 5.60. The highest BCUT2D eigenvalue weighted by Crippen LogP contribution is 2.25. The zero-order chi connectivity index (χ0) is 19.4. The van der Waals surface area contributed by atoms with E-state index in [-0.39, 0.29) is 11.9 Å². The molecule has 0 saturated carbocycles. The van der Waals surface area contributed by atoms with Gasteiger partial charge in [0.25, 0.3) is 5.91 Å². The Morgan fingerprint density at radius 1 is 1.19 bits per heavy atom. The second-order valence-electron chi connectivity index (χ2n) is 6.68. The van der Waals surface area contributed by atoms with Gasteiger partial charge in [-0.2, -0.15) is 5.10 Å². The molecule has 0 saturated heterocycles. The number of carbonyl (C=O) groups is 1. The van der Waals surface area contributed by atoms with Crippen molar-refractivity contribution in [2.45, 2.75) is 33.2 Å². The van der Waals surface area contributed by atoms with E-state index in [0.29, 0.717) is 5.69 Å². The number of carbonyl (C=O) groups excluding carboxylic acids is 1. The predicted octanol–water partition coefficient (Wildman–Crippen LogP) is 4.38. The third kappa shape index (κ3) is 4.19. The molecule has 0 fully saturated rings. The molecule has 5 nitrogen and oxygen atoms in total. The predicted molar refractivity (Wildman–Crippen MR) is 108 cm³/mol. The summed E-state index contributed by atoms with van der Waals surface area (Å²) in [6.07, 6.45) is 0.868. The molecular formula is C22H25N3O2. The van der Waals surface area contributed by atoms with Crippen molar-refractivity contribution < 1.29 is 9.53 Å². The van der Waals surface area contributed by atoms with Crippen LogP contribution in [0.15, 0.2) is 54.6 Å². The molecule has 5 heteroatoms. The van der Waals surface area contributed by atoms with E-state index >= 15 is 0 Å². The van der Waals surface area contributed by atoms with Crippen LogP contribution in [0, 0.1) is 6.92 Å². The number of ether oxygens (including phenoxy) is 1. The number of aryl methyl sites for hydroxylation is 1. The lowest BCUT2D eigenvalue weighted by Gasteiger charge is -2.12. The fourth-order valence-corrected chi connectivity index (χ4v) is 2.75. The lowest BCUT2D eigenvalue weighted by Crippen LogP contribution is -2.33. The summed E-state index contributed by atoms with van der Waals surface area (Å²) in [5, 5.41) is 7.74. The molecule has 1 aromatic heterocycles. The van der Waals surface area contributed by atoms with Gasteiger partial charge in [-0.25, -0.2) is 4.68 Å². The highest BCUT2D eigenvalue weighted by molar-refractivity contribution is 5.94. The maximum absolute atomic E-state index is 12.8. The van der Waals surface area contributed by atoms with Gasteiger partial charge in [0.15, 0.2) is 0 Å². The molecule has 0 aliphatic heterocycles. The molecule has 0 unspecified atom stereocenters. The Hall–Kier alpha value is -3.08. The van der Waals surface area contributed by atoms with Crippen LogP contribution in [0.4, 0.5) is 0 Å². The van der Waals surface area contributed by atoms with Crippen LogP contribution in [0.1, 0.15) is 36.3 Å². The highest BCUT2D eigenvalue weighted by atomic mass is 16.5. The molecule has 1 heterocycles. The van der Waals surface area contributed by atoms with Crippen molar-refractivity contribution in [3.8, 4) is 22.7 Å². The number of amides is 1. The van der Waals surface area contributed by atoms with E-state index in [1.165, 1.54) is 0 Å². The fraction of sp³-hybridized carbons (Fsp3) is 0.273. The summed E-state index contributed by atoms with van der Waals surface area (Å²) in [5.74, 6) is 0.620. The molecule has 0 spiro atoms. The molecule has 2 aromatic carbocycles. The number of methoxy groups -OCH3 is 1. The first-order chi connectivity index (χ1) is 13.0. The summed E-state index contributed by atoms with van der Waals surface area (Å²) in [7, 11) is 1.63. The Balaban J connectivity index is 2.07. The molecule has 140 valence electrons. The third-order valence-electron chi connectivity index (χ3n) is 4.58. The topological polar surface area (TPSA) is 56.1 Å². The minimum absolute atomic E-state index is 0.0964. The highest BCUT2D eigenvalue weighted by Gasteiger charge is 2.19. The summed E-state index contributed by atoms with van der Waals surface area (Å²) in [6, 6.07) is 17.6. The fourth-order valence-electron chi connectivity index (χ4n) is 2.75. The van der Waals surface area contributed by atoms with Gasteiger partial charge < -0.3 is 10.1 Å². The minimum atomic E-state index is -0.133. The maximum Gasteiger partial charge on any atom is 0.270 e. The van der Waals surface area contributed by atoms with Crippen LogP contribution in [0.5, 0.6) is 5.75 Å². The second kappa shape index (κ2) is 8.08. The molecule has 0 aliphatic rings. The van der Waals surface area contributed by atoms with Crippen molar-refractivity contribution >= 4 is 5.91 Å². The van der Waals surface area contributed by atoms with Crippen molar-refractivity contribution in [1.82, 2.24) is 15.1 Å². The SMILES string of the molecule is CC[C@@H](C)NC(=O)c1cc(-c2cccc(OC)c2)nn1-c1ccc(C)cc1. The molecule has 0 radical (unpaired) electrons. The van der Waals surface area contributed by atoms with Gasteiger partial charge >= 0.3 is 0 Å². The quantitative estimate of drug-likeness (QED) is 0.707. The van der Waals surface area contributed by atoms with Gasteiger partial charge in [-0.15, -0.1) is 0 Å². The van der Waals surface area contributed by atoms with Crippen LogP contribution in [0.2, 0.25) is 0 Å². The lowest BCUT2D eigenvalue weighted by molar-refractivity contribution is 0.0931. The van der Waals surface area contributed by atoms with E-state index < -0.39 is 0 Å². The van der Waals surface area contributed by atoms with Crippen LogP contribution in [0.25, 0.3) is 16.9 Å². The molecule has 1 N–H and O–H groups in total. The normalized spacial score (nSPS) is 11.9. The first-order valence-corrected chi connectivity index (χ1v) is 9.14. The van der Waals surface area contributed by atoms with Gasteiger partial charge in [0.2, 0.25) is 0 Å². The van der Waals surface area contributed by atoms with Crippen LogP contribution < -0.4 is 10.1 Å². The van der Waals surface area contributed by atoms with Crippen molar-refractivity contribution in [3.63, 3.8) is 0 Å². The largest absolute Gasteiger partial charge is 0.497 e. The molecule has 0 bridgehead atoms. The number of benzene rings is 2. The van der Waals surface area contributed by atoms with E-state index in [1.54, 1.807) is 11.8 Å². The molecular weight excluding hydrogens is 338 g/mol. The van der Waals surface area contributed by atoms with Crippen LogP contribution in [-0.4, -0.2) is 28.8 Å². The van der Waals surface area contributed by atoms with Gasteiger partial charge in [-0.3, -0.25) is 4.79 Å². The number of nitrogens with one attached hydrogen (secondary N) is 1. The molecule has 27 heavy (non-hydrogen) atoms. The summed E-state index contributed by atoms with van der Waals surface area (Å²) >= 11 is 0. The summed E-state index contributed by atoms with van der Waals surface area (Å²) in [4.78, 5) is 12.8. The van der Waals surface area contributed by atoms with Crippen LogP contribution >= 0.6 is 0 Å². The van der Waals surface area contributed by atoms with Crippen molar-refractivity contribution in [2.24, 2.45) is 0 Å². The van der Waals surface area contributed by atoms with E-state index in [4.69, 9.17) is 9.84 Å². The molecule has 1 amide bonds. The third-order valence-corrected chi connectivity index (χ3v) is 4.58. The molecule has 3 rings (SSSR count). The van der Waals surface area contributed by atoms with Crippen molar-refractivity contribution in [3.05, 3.63) is 65.9 Å². The average molecular weight is 363 g/mol. The lowest BCUT2D eigenvalue weighted by atomic mass is 10.1. The average Bonchev–Trinajstić information content (AvgIpc) is 3.14. The number of aromatic nitrogens is 2. The van der Waals surface area contributed by atoms with Crippen molar-refractivity contribution in [2.75, 3.05) is 7.11 Å². The number of hydrogen-bond acceptors (Lipinski definition) is 3. The Morgan fingerprint density at radius 3 is 2.59 bits per heavy atom. The second-order valence-corrected chi connectivity index (χ2v) is 6.68. The zero-order valence-corrected chi connectivity index (χ0v) is 16.2. The smallest absolute Gasteiger partial charge is 0.270 e. The number of hydrogen-bond donors (Lipinski definition) is 1. The van der Waals surface area contributed by atoms with Gasteiger partial charge in [-0.05, 0) is 50.6 Å². The zero-order valence-electron chi connectivity index (χ0n) is 16.2. The Labute approximate surface area is 160 Å². The first-order valence-electron chi connectivity index (χ1n) is 9.14. The van der Waals surface area contributed by atoms with Gasteiger partial charge in [-0.1, -0.05) is 36.8 Å².